The predicted octanol–water partition coefficient (Wildman–Crippen LogP) is 2.63. The van der Waals surface area contributed by atoms with Crippen molar-refractivity contribution in [1.29, 1.82) is 0 Å². The van der Waals surface area contributed by atoms with E-state index in [1.165, 1.54) is 39.9 Å². The third-order valence-electron chi connectivity index (χ3n) is 4.00. The Bertz CT molecular complexity index is 773. The number of benzene rings is 1. The van der Waals surface area contributed by atoms with Crippen LogP contribution in [0.4, 0.5) is 13.9 Å². The zero-order chi connectivity index (χ0) is 18.5. The lowest BCUT2D eigenvalue weighted by molar-refractivity contribution is -0.121. The number of carbonyl (C=O) groups excluding carboxylic acids is 2. The predicted molar refractivity (Wildman–Crippen MR) is 90.2 cm³/mol. The van der Waals surface area contributed by atoms with Crippen LogP contribution in [-0.4, -0.2) is 46.6 Å². The van der Waals surface area contributed by atoms with Gasteiger partial charge in [-0.2, -0.15) is 8.78 Å². The SMILES string of the molecule is O=C(Nc1nncs1)[C@@H]1CCCN(C(=O)c2ccccc2OC(F)F)C1. The van der Waals surface area contributed by atoms with E-state index in [9.17, 15) is 18.4 Å². The molecule has 0 radical (unpaired) electrons. The van der Waals surface area contributed by atoms with Gasteiger partial charge in [0, 0.05) is 13.1 Å². The first-order valence-electron chi connectivity index (χ1n) is 7.94. The van der Waals surface area contributed by atoms with Crippen LogP contribution in [0.25, 0.3) is 0 Å². The van der Waals surface area contributed by atoms with E-state index in [1.54, 1.807) is 6.07 Å². The number of likely N-dealkylation sites (tertiary alicyclic amines) is 1. The van der Waals surface area contributed by atoms with Crippen molar-refractivity contribution in [1.82, 2.24) is 15.1 Å². The van der Waals surface area contributed by atoms with E-state index in [1.807, 2.05) is 0 Å². The molecule has 1 saturated heterocycles. The van der Waals surface area contributed by atoms with E-state index in [0.717, 1.165) is 0 Å². The van der Waals surface area contributed by atoms with E-state index in [2.05, 4.69) is 20.3 Å². The summed E-state index contributed by atoms with van der Waals surface area (Å²) in [6, 6.07) is 5.85. The average Bonchev–Trinajstić information content (AvgIpc) is 3.14. The van der Waals surface area contributed by atoms with Crippen LogP contribution >= 0.6 is 11.3 Å². The summed E-state index contributed by atoms with van der Waals surface area (Å²) in [5.74, 6) is -1.25. The Kier molecular flexibility index (Phi) is 5.71. The van der Waals surface area contributed by atoms with Gasteiger partial charge in [-0.15, -0.1) is 10.2 Å². The lowest BCUT2D eigenvalue weighted by atomic mass is 9.96. The molecule has 1 aromatic carbocycles. The standard InChI is InChI=1S/C16H16F2N4O3S/c17-15(18)25-12-6-2-1-5-11(12)14(24)22-7-3-4-10(8-22)13(23)20-16-21-19-9-26-16/h1-2,5-6,9-10,15H,3-4,7-8H2,(H,20,21,23)/t10-/m1/s1. The van der Waals surface area contributed by atoms with Gasteiger partial charge in [0.25, 0.3) is 5.91 Å². The van der Waals surface area contributed by atoms with Crippen molar-refractivity contribution in [3.05, 3.63) is 35.3 Å². The molecular weight excluding hydrogens is 366 g/mol. The van der Waals surface area contributed by atoms with Gasteiger partial charge in [-0.3, -0.25) is 9.59 Å². The number of aromatic nitrogens is 2. The number of anilines is 1. The van der Waals surface area contributed by atoms with Gasteiger partial charge in [0.1, 0.15) is 11.3 Å². The van der Waals surface area contributed by atoms with Crippen LogP contribution in [0.2, 0.25) is 0 Å². The molecule has 1 N–H and O–H groups in total. The van der Waals surface area contributed by atoms with Crippen molar-refractivity contribution in [3.63, 3.8) is 0 Å². The van der Waals surface area contributed by atoms with Gasteiger partial charge in [0.2, 0.25) is 11.0 Å². The van der Waals surface area contributed by atoms with Crippen molar-refractivity contribution in [2.45, 2.75) is 19.5 Å². The van der Waals surface area contributed by atoms with E-state index >= 15 is 0 Å². The molecule has 1 aliphatic heterocycles. The highest BCUT2D eigenvalue weighted by Gasteiger charge is 2.30. The number of alkyl halides is 2. The van der Waals surface area contributed by atoms with Gasteiger partial charge in [-0.05, 0) is 25.0 Å². The fraction of sp³-hybridized carbons (Fsp3) is 0.375. The summed E-state index contributed by atoms with van der Waals surface area (Å²) in [5.41, 5.74) is 1.56. The molecule has 1 atom stereocenters. The third-order valence-corrected chi connectivity index (χ3v) is 4.61. The van der Waals surface area contributed by atoms with Crippen LogP contribution in [0.1, 0.15) is 23.2 Å². The Morgan fingerprint density at radius 2 is 2.15 bits per heavy atom. The smallest absolute Gasteiger partial charge is 0.387 e. The van der Waals surface area contributed by atoms with E-state index in [0.29, 0.717) is 24.5 Å². The number of nitrogens with one attached hydrogen (secondary N) is 1. The molecule has 2 amide bonds. The summed E-state index contributed by atoms with van der Waals surface area (Å²) >= 11 is 1.20. The van der Waals surface area contributed by atoms with Crippen LogP contribution in [0, 0.1) is 5.92 Å². The quantitative estimate of drug-likeness (QED) is 0.859. The number of hydrogen-bond acceptors (Lipinski definition) is 6. The van der Waals surface area contributed by atoms with Gasteiger partial charge < -0.3 is 15.0 Å². The molecule has 0 unspecified atom stereocenters. The zero-order valence-corrected chi connectivity index (χ0v) is 14.4. The Hall–Kier alpha value is -2.62. The topological polar surface area (TPSA) is 84.4 Å². The van der Waals surface area contributed by atoms with Crippen LogP contribution in [0.5, 0.6) is 5.75 Å². The maximum atomic E-state index is 12.7. The average molecular weight is 382 g/mol. The van der Waals surface area contributed by atoms with Crippen molar-refractivity contribution in [2.75, 3.05) is 18.4 Å². The van der Waals surface area contributed by atoms with Gasteiger partial charge in [-0.25, -0.2) is 0 Å². The number of hydrogen-bond donors (Lipinski definition) is 1. The molecule has 10 heteroatoms. The largest absolute Gasteiger partial charge is 0.434 e. The van der Waals surface area contributed by atoms with Crippen LogP contribution < -0.4 is 10.1 Å². The zero-order valence-electron chi connectivity index (χ0n) is 13.6. The molecule has 7 nitrogen and oxygen atoms in total. The molecule has 2 heterocycles. The molecule has 1 fully saturated rings. The molecular formula is C16H16F2N4O3S. The van der Waals surface area contributed by atoms with Crippen molar-refractivity contribution in [3.8, 4) is 5.75 Å². The molecule has 26 heavy (non-hydrogen) atoms. The number of piperidine rings is 1. The fourth-order valence-corrected chi connectivity index (χ4v) is 3.27. The monoisotopic (exact) mass is 382 g/mol. The Morgan fingerprint density at radius 3 is 2.88 bits per heavy atom. The minimum atomic E-state index is -3.02. The number of nitrogens with zero attached hydrogens (tertiary/aromatic N) is 3. The first kappa shape index (κ1) is 18.2. The van der Waals surface area contributed by atoms with Crippen molar-refractivity contribution < 1.29 is 23.1 Å². The maximum absolute atomic E-state index is 12.7. The summed E-state index contributed by atoms with van der Waals surface area (Å²) in [6.45, 7) is -2.37. The summed E-state index contributed by atoms with van der Waals surface area (Å²) in [4.78, 5) is 26.6. The maximum Gasteiger partial charge on any atom is 0.387 e. The molecule has 1 aliphatic rings. The summed E-state index contributed by atoms with van der Waals surface area (Å²) in [5, 5.41) is 10.5. The fourth-order valence-electron chi connectivity index (χ4n) is 2.82. The Morgan fingerprint density at radius 1 is 1.35 bits per heavy atom. The minimum absolute atomic E-state index is 0.0537. The number of rotatable bonds is 5. The molecule has 1 aromatic heterocycles. The second-order valence-electron chi connectivity index (χ2n) is 5.70. The Balaban J connectivity index is 1.69. The lowest BCUT2D eigenvalue weighted by Crippen LogP contribution is -2.43. The number of halogens is 2. The van der Waals surface area contributed by atoms with Crippen molar-refractivity contribution >= 4 is 28.3 Å². The van der Waals surface area contributed by atoms with Gasteiger partial charge in [0.15, 0.2) is 0 Å². The molecule has 0 spiro atoms. The lowest BCUT2D eigenvalue weighted by Gasteiger charge is -2.32. The van der Waals surface area contributed by atoms with Crippen LogP contribution in [0.15, 0.2) is 29.8 Å². The molecule has 0 aliphatic carbocycles. The highest BCUT2D eigenvalue weighted by molar-refractivity contribution is 7.13. The highest BCUT2D eigenvalue weighted by Crippen LogP contribution is 2.25. The minimum Gasteiger partial charge on any atom is -0.434 e. The summed E-state index contributed by atoms with van der Waals surface area (Å²) < 4.78 is 29.5. The molecule has 3 rings (SSSR count). The number of ether oxygens (including phenoxy) is 1. The molecule has 0 saturated carbocycles. The third kappa shape index (κ3) is 4.31. The van der Waals surface area contributed by atoms with Crippen molar-refractivity contribution in [2.24, 2.45) is 5.92 Å². The van der Waals surface area contributed by atoms with Gasteiger partial charge in [-0.1, -0.05) is 23.5 Å². The number of para-hydroxylation sites is 1. The van der Waals surface area contributed by atoms with E-state index in [4.69, 9.17) is 0 Å². The first-order chi connectivity index (χ1) is 12.5. The first-order valence-corrected chi connectivity index (χ1v) is 8.82. The highest BCUT2D eigenvalue weighted by atomic mass is 32.1. The number of carbonyl (C=O) groups is 2. The van der Waals surface area contributed by atoms with Crippen LogP contribution in [0.3, 0.4) is 0 Å². The second-order valence-corrected chi connectivity index (χ2v) is 6.53. The Labute approximate surface area is 152 Å². The molecule has 0 bridgehead atoms. The number of amides is 2. The van der Waals surface area contributed by atoms with E-state index < -0.39 is 18.4 Å². The summed E-state index contributed by atoms with van der Waals surface area (Å²) in [6.07, 6.45) is 1.27. The molecule has 138 valence electrons. The van der Waals surface area contributed by atoms with Crippen LogP contribution in [-0.2, 0) is 4.79 Å². The van der Waals surface area contributed by atoms with E-state index in [-0.39, 0.29) is 23.8 Å². The van der Waals surface area contributed by atoms with Gasteiger partial charge >= 0.3 is 6.61 Å². The molecule has 2 aromatic rings. The van der Waals surface area contributed by atoms with Gasteiger partial charge in [0.05, 0.1) is 11.5 Å². The normalized spacial score (nSPS) is 17.2. The summed E-state index contributed by atoms with van der Waals surface area (Å²) in [7, 11) is 0. The second kappa shape index (κ2) is 8.17.